The molecule has 8 nitrogen and oxygen atoms in total. The average molecular weight is 440 g/mol. The quantitative estimate of drug-likeness (QED) is 0.626. The lowest BCUT2D eigenvalue weighted by molar-refractivity contribution is 0.0754. The Hall–Kier alpha value is -3.04. The highest BCUT2D eigenvalue weighted by molar-refractivity contribution is 7.17. The van der Waals surface area contributed by atoms with Crippen LogP contribution in [-0.2, 0) is 11.3 Å². The highest BCUT2D eigenvalue weighted by Gasteiger charge is 2.29. The lowest BCUT2D eigenvalue weighted by Gasteiger charge is -2.41. The second-order valence-corrected chi connectivity index (χ2v) is 8.58. The number of carbonyl (C=O) groups excluding carboxylic acids is 1. The van der Waals surface area contributed by atoms with Gasteiger partial charge in [-0.1, -0.05) is 34.9 Å². The number of morpholine rings is 1. The van der Waals surface area contributed by atoms with Crippen molar-refractivity contribution in [1.29, 1.82) is 0 Å². The van der Waals surface area contributed by atoms with Crippen LogP contribution in [0.5, 0.6) is 5.19 Å². The van der Waals surface area contributed by atoms with Crippen LogP contribution in [0, 0.1) is 6.92 Å². The number of ether oxygens (including phenoxy) is 2. The van der Waals surface area contributed by atoms with Crippen LogP contribution >= 0.6 is 11.3 Å². The van der Waals surface area contributed by atoms with Crippen molar-refractivity contribution >= 4 is 28.1 Å². The van der Waals surface area contributed by atoms with Crippen molar-refractivity contribution in [2.45, 2.75) is 39.5 Å². The van der Waals surface area contributed by atoms with E-state index in [1.165, 1.54) is 16.9 Å². The van der Waals surface area contributed by atoms with Gasteiger partial charge < -0.3 is 14.4 Å². The lowest BCUT2D eigenvalue weighted by atomic mass is 10.1. The number of anilines is 2. The minimum atomic E-state index is -0.260. The monoisotopic (exact) mass is 439 g/mol. The van der Waals surface area contributed by atoms with Crippen LogP contribution in [-0.4, -0.2) is 46.4 Å². The molecular weight excluding hydrogens is 414 g/mol. The summed E-state index contributed by atoms with van der Waals surface area (Å²) >= 11 is 1.20. The van der Waals surface area contributed by atoms with Crippen LogP contribution in [0.2, 0.25) is 0 Å². The molecule has 0 saturated carbocycles. The molecule has 162 valence electrons. The van der Waals surface area contributed by atoms with Crippen molar-refractivity contribution in [3.8, 4) is 5.19 Å². The van der Waals surface area contributed by atoms with Gasteiger partial charge in [0.15, 0.2) is 0 Å². The van der Waals surface area contributed by atoms with Gasteiger partial charge in [0.25, 0.3) is 11.1 Å². The first kappa shape index (κ1) is 21.2. The number of aryl methyl sites for hydroxylation is 1. The van der Waals surface area contributed by atoms with Gasteiger partial charge in [0, 0.05) is 6.20 Å². The molecule has 1 aliphatic heterocycles. The largest absolute Gasteiger partial charge is 0.464 e. The summed E-state index contributed by atoms with van der Waals surface area (Å²) in [5.41, 5.74) is 3.55. The van der Waals surface area contributed by atoms with Gasteiger partial charge in [-0.3, -0.25) is 15.1 Å². The fourth-order valence-corrected chi connectivity index (χ4v) is 4.17. The summed E-state index contributed by atoms with van der Waals surface area (Å²) in [6.45, 7) is 7.80. The Morgan fingerprint density at radius 2 is 1.94 bits per heavy atom. The number of amides is 1. The van der Waals surface area contributed by atoms with E-state index in [1.54, 1.807) is 18.5 Å². The maximum atomic E-state index is 13.0. The van der Waals surface area contributed by atoms with Gasteiger partial charge in [-0.15, -0.1) is 5.10 Å². The topological polar surface area (TPSA) is 89.5 Å². The fraction of sp³-hybridized carbons (Fsp3) is 0.364. The number of hydrogen-bond acceptors (Lipinski definition) is 8. The van der Waals surface area contributed by atoms with Crippen molar-refractivity contribution in [1.82, 2.24) is 15.2 Å². The predicted molar refractivity (Wildman–Crippen MR) is 120 cm³/mol. The fourth-order valence-electron chi connectivity index (χ4n) is 3.58. The Morgan fingerprint density at radius 1 is 1.19 bits per heavy atom. The van der Waals surface area contributed by atoms with Crippen LogP contribution < -0.4 is 15.0 Å². The molecule has 1 aliphatic rings. The zero-order valence-electron chi connectivity index (χ0n) is 17.7. The van der Waals surface area contributed by atoms with Crippen molar-refractivity contribution in [3.63, 3.8) is 0 Å². The zero-order chi connectivity index (χ0) is 21.8. The van der Waals surface area contributed by atoms with E-state index in [9.17, 15) is 4.79 Å². The Kier molecular flexibility index (Phi) is 6.43. The van der Waals surface area contributed by atoms with Crippen LogP contribution in [0.1, 0.15) is 35.3 Å². The van der Waals surface area contributed by atoms with E-state index in [0.29, 0.717) is 35.7 Å². The number of aromatic nitrogens is 3. The molecule has 2 aromatic heterocycles. The summed E-state index contributed by atoms with van der Waals surface area (Å²) in [4.78, 5) is 19.4. The summed E-state index contributed by atoms with van der Waals surface area (Å²) in [6.07, 6.45) is 3.34. The summed E-state index contributed by atoms with van der Waals surface area (Å²) in [5, 5.41) is 11.7. The lowest BCUT2D eigenvalue weighted by Crippen LogP contribution is -2.50. The van der Waals surface area contributed by atoms with E-state index in [1.807, 2.05) is 31.2 Å². The number of benzene rings is 1. The molecule has 0 unspecified atom stereocenters. The molecule has 0 bridgehead atoms. The highest BCUT2D eigenvalue weighted by atomic mass is 32.1. The third-order valence-electron chi connectivity index (χ3n) is 5.10. The number of hydrogen-bond donors (Lipinski definition) is 1. The van der Waals surface area contributed by atoms with Crippen molar-refractivity contribution in [2.24, 2.45) is 0 Å². The minimum Gasteiger partial charge on any atom is -0.464 e. The van der Waals surface area contributed by atoms with Crippen LogP contribution in [0.4, 0.5) is 10.8 Å². The first-order chi connectivity index (χ1) is 15.0. The molecular formula is C22H25N5O3S. The molecule has 0 radical (unpaired) electrons. The molecule has 9 heteroatoms. The number of pyridine rings is 1. The van der Waals surface area contributed by atoms with Gasteiger partial charge in [-0.25, -0.2) is 0 Å². The van der Waals surface area contributed by atoms with Gasteiger partial charge in [-0.05, 0) is 43.7 Å². The maximum absolute atomic E-state index is 13.0. The van der Waals surface area contributed by atoms with E-state index in [-0.39, 0.29) is 18.0 Å². The smallest absolute Gasteiger partial charge is 0.296 e. The van der Waals surface area contributed by atoms with Crippen molar-refractivity contribution in [3.05, 3.63) is 59.4 Å². The Bertz CT molecular complexity index is 1030. The Balaban J connectivity index is 1.44. The SMILES string of the molecule is Cc1ccc(COc2nnc(NC(=O)c3ccncc3N3[C@@H](C)COC[C@@H]3C)s2)cc1. The molecule has 1 saturated heterocycles. The predicted octanol–water partition coefficient (Wildman–Crippen LogP) is 3.69. The van der Waals surface area contributed by atoms with Crippen LogP contribution in [0.15, 0.2) is 42.7 Å². The molecule has 3 aromatic rings. The molecule has 1 fully saturated rings. The number of nitrogens with zero attached hydrogens (tertiary/aromatic N) is 4. The molecule has 0 spiro atoms. The summed E-state index contributed by atoms with van der Waals surface area (Å²) < 4.78 is 11.3. The number of rotatable bonds is 6. The standard InChI is InChI=1S/C22H25N5O3S/c1-14-4-6-17(7-5-14)13-30-22-26-25-21(31-22)24-20(28)18-8-9-23-10-19(18)27-15(2)11-29-12-16(27)3/h4-10,15-16H,11-13H2,1-3H3,(H,24,25,28)/t15-,16-/m0/s1. The van der Waals surface area contributed by atoms with E-state index in [4.69, 9.17) is 9.47 Å². The third kappa shape index (κ3) is 5.00. The van der Waals surface area contributed by atoms with Gasteiger partial charge in [0.2, 0.25) is 5.13 Å². The maximum Gasteiger partial charge on any atom is 0.296 e. The van der Waals surface area contributed by atoms with E-state index < -0.39 is 0 Å². The first-order valence-electron chi connectivity index (χ1n) is 10.1. The second kappa shape index (κ2) is 9.40. The second-order valence-electron chi connectivity index (χ2n) is 7.64. The normalized spacial score (nSPS) is 18.6. The highest BCUT2D eigenvalue weighted by Crippen LogP contribution is 2.29. The average Bonchev–Trinajstić information content (AvgIpc) is 3.21. The third-order valence-corrected chi connectivity index (χ3v) is 5.85. The van der Waals surface area contributed by atoms with Crippen molar-refractivity contribution < 1.29 is 14.3 Å². The van der Waals surface area contributed by atoms with Gasteiger partial charge >= 0.3 is 0 Å². The number of nitrogens with one attached hydrogen (secondary N) is 1. The van der Waals surface area contributed by atoms with Gasteiger partial charge in [-0.2, -0.15) is 0 Å². The minimum absolute atomic E-state index is 0.141. The molecule has 4 rings (SSSR count). The molecule has 2 atom stereocenters. The van der Waals surface area contributed by atoms with Crippen LogP contribution in [0.25, 0.3) is 0 Å². The molecule has 1 N–H and O–H groups in total. The molecule has 1 aromatic carbocycles. The summed E-state index contributed by atoms with van der Waals surface area (Å²) in [5.74, 6) is -0.260. The number of carbonyl (C=O) groups is 1. The molecule has 1 amide bonds. The summed E-state index contributed by atoms with van der Waals surface area (Å²) in [6, 6.07) is 10.1. The Labute approximate surface area is 185 Å². The van der Waals surface area contributed by atoms with Gasteiger partial charge in [0.1, 0.15) is 6.61 Å². The summed E-state index contributed by atoms with van der Waals surface area (Å²) in [7, 11) is 0. The van der Waals surface area contributed by atoms with E-state index >= 15 is 0 Å². The van der Waals surface area contributed by atoms with Gasteiger partial charge in [0.05, 0.1) is 42.7 Å². The Morgan fingerprint density at radius 3 is 2.68 bits per heavy atom. The molecule has 0 aliphatic carbocycles. The van der Waals surface area contributed by atoms with Crippen LogP contribution in [0.3, 0.4) is 0 Å². The zero-order valence-corrected chi connectivity index (χ0v) is 18.6. The van der Waals surface area contributed by atoms with Crippen molar-refractivity contribution in [2.75, 3.05) is 23.4 Å². The molecule has 3 heterocycles. The van der Waals surface area contributed by atoms with E-state index in [2.05, 4.69) is 39.2 Å². The van der Waals surface area contributed by atoms with E-state index in [0.717, 1.165) is 11.3 Å². The first-order valence-corrected chi connectivity index (χ1v) is 11.0. The molecule has 31 heavy (non-hydrogen) atoms.